The highest BCUT2D eigenvalue weighted by Gasteiger charge is 2.06. The maximum atomic E-state index is 11.2. The van der Waals surface area contributed by atoms with Crippen molar-refractivity contribution in [3.63, 3.8) is 0 Å². The normalized spacial score (nSPS) is 11.1. The van der Waals surface area contributed by atoms with E-state index in [2.05, 4.69) is 5.10 Å². The smallest absolute Gasteiger partial charge is 0.173 e. The molecule has 0 aliphatic rings. The maximum absolute atomic E-state index is 11.2. The van der Waals surface area contributed by atoms with Crippen molar-refractivity contribution in [1.82, 2.24) is 9.78 Å². The van der Waals surface area contributed by atoms with E-state index in [4.69, 9.17) is 5.26 Å². The first-order chi connectivity index (χ1) is 6.67. The predicted molar refractivity (Wildman–Crippen MR) is 52.1 cm³/mol. The summed E-state index contributed by atoms with van der Waals surface area (Å²) in [4.78, 5) is 11.2. The molecule has 4 nitrogen and oxygen atoms in total. The molecule has 4 heteroatoms. The highest BCUT2D eigenvalue weighted by atomic mass is 16.1. The third kappa shape index (κ3) is 2.30. The molecule has 0 N–H and O–H groups in total. The van der Waals surface area contributed by atoms with Crippen molar-refractivity contribution in [3.05, 3.63) is 23.5 Å². The molecule has 0 spiro atoms. The van der Waals surface area contributed by atoms with Crippen LogP contribution in [0.2, 0.25) is 0 Å². The van der Waals surface area contributed by atoms with Gasteiger partial charge >= 0.3 is 0 Å². The minimum Gasteiger partial charge on any atom is -0.293 e. The summed E-state index contributed by atoms with van der Waals surface area (Å²) < 4.78 is 1.62. The van der Waals surface area contributed by atoms with Gasteiger partial charge in [0.2, 0.25) is 0 Å². The van der Waals surface area contributed by atoms with Crippen LogP contribution in [0.3, 0.4) is 0 Å². The van der Waals surface area contributed by atoms with E-state index < -0.39 is 0 Å². The van der Waals surface area contributed by atoms with Crippen LogP contribution in [0, 0.1) is 11.3 Å². The molecule has 0 fully saturated rings. The number of nitrogens with zero attached hydrogens (tertiary/aromatic N) is 3. The number of hydrogen-bond donors (Lipinski definition) is 0. The molecule has 1 aromatic heterocycles. The van der Waals surface area contributed by atoms with Gasteiger partial charge in [-0.1, -0.05) is 6.92 Å². The van der Waals surface area contributed by atoms with Crippen LogP contribution in [0.4, 0.5) is 0 Å². The van der Waals surface area contributed by atoms with E-state index in [1.807, 2.05) is 6.07 Å². The average molecular weight is 189 g/mol. The van der Waals surface area contributed by atoms with Gasteiger partial charge < -0.3 is 0 Å². The third-order valence-electron chi connectivity index (χ3n) is 1.78. The Balaban J connectivity index is 2.96. The lowest BCUT2D eigenvalue weighted by atomic mass is 10.1. The topological polar surface area (TPSA) is 58.7 Å². The van der Waals surface area contributed by atoms with Crippen LogP contribution in [0.25, 0.3) is 6.08 Å². The van der Waals surface area contributed by atoms with E-state index in [9.17, 15) is 4.79 Å². The lowest BCUT2D eigenvalue weighted by Gasteiger charge is -1.91. The molecule has 0 saturated heterocycles. The Labute approximate surface area is 82.5 Å². The summed E-state index contributed by atoms with van der Waals surface area (Å²) in [5.41, 5.74) is 0.950. The number of carbonyl (C=O) groups excluding carboxylic acids is 1. The number of allylic oxidation sites excluding steroid dienone is 1. The quantitative estimate of drug-likeness (QED) is 0.532. The first-order valence-electron chi connectivity index (χ1n) is 4.31. The number of ketones is 1. The fraction of sp³-hybridized carbons (Fsp3) is 0.300. The van der Waals surface area contributed by atoms with Crippen LogP contribution in [0.15, 0.2) is 18.0 Å². The number of hydrogen-bond acceptors (Lipinski definition) is 3. The zero-order valence-corrected chi connectivity index (χ0v) is 8.19. The van der Waals surface area contributed by atoms with E-state index in [0.29, 0.717) is 6.42 Å². The zero-order valence-electron chi connectivity index (χ0n) is 8.19. The van der Waals surface area contributed by atoms with Crippen molar-refractivity contribution in [2.75, 3.05) is 0 Å². The van der Waals surface area contributed by atoms with Crippen LogP contribution in [-0.2, 0) is 11.8 Å². The van der Waals surface area contributed by atoms with Crippen LogP contribution >= 0.6 is 0 Å². The highest BCUT2D eigenvalue weighted by Crippen LogP contribution is 2.07. The SMILES string of the molecule is CCC(=O)/C(C#N)=C/c1cnn(C)c1. The summed E-state index contributed by atoms with van der Waals surface area (Å²) in [6.07, 6.45) is 5.26. The maximum Gasteiger partial charge on any atom is 0.173 e. The van der Waals surface area contributed by atoms with Crippen molar-refractivity contribution in [2.45, 2.75) is 13.3 Å². The number of aryl methyl sites for hydroxylation is 1. The molecule has 1 aromatic rings. The second-order valence-corrected chi connectivity index (χ2v) is 2.89. The van der Waals surface area contributed by atoms with Gasteiger partial charge in [0, 0.05) is 25.2 Å². The Bertz CT molecular complexity index is 409. The Kier molecular flexibility index (Phi) is 3.19. The molecule has 0 atom stereocenters. The van der Waals surface area contributed by atoms with Gasteiger partial charge in [0.25, 0.3) is 0 Å². The number of Topliss-reactive ketones (excluding diaryl/α,β-unsaturated/α-hetero) is 1. The van der Waals surface area contributed by atoms with Gasteiger partial charge in [-0.3, -0.25) is 9.48 Å². The lowest BCUT2D eigenvalue weighted by Crippen LogP contribution is -1.97. The molecule has 0 saturated carbocycles. The van der Waals surface area contributed by atoms with Gasteiger partial charge in [-0.15, -0.1) is 0 Å². The highest BCUT2D eigenvalue weighted by molar-refractivity contribution is 6.02. The van der Waals surface area contributed by atoms with E-state index in [1.165, 1.54) is 0 Å². The van der Waals surface area contributed by atoms with E-state index in [1.54, 1.807) is 37.1 Å². The molecule has 0 aromatic carbocycles. The fourth-order valence-electron chi connectivity index (χ4n) is 1.05. The minimum atomic E-state index is -0.142. The summed E-state index contributed by atoms with van der Waals surface area (Å²) in [6.45, 7) is 1.73. The molecule has 14 heavy (non-hydrogen) atoms. The largest absolute Gasteiger partial charge is 0.293 e. The van der Waals surface area contributed by atoms with Crippen molar-refractivity contribution in [3.8, 4) is 6.07 Å². The third-order valence-corrected chi connectivity index (χ3v) is 1.78. The molecule has 1 rings (SSSR count). The van der Waals surface area contributed by atoms with E-state index in [0.717, 1.165) is 5.56 Å². The van der Waals surface area contributed by atoms with E-state index in [-0.39, 0.29) is 11.4 Å². The zero-order chi connectivity index (χ0) is 10.6. The van der Waals surface area contributed by atoms with Gasteiger partial charge in [-0.25, -0.2) is 0 Å². The summed E-state index contributed by atoms with van der Waals surface area (Å²) in [7, 11) is 1.78. The van der Waals surface area contributed by atoms with Crippen LogP contribution in [0.1, 0.15) is 18.9 Å². The fourth-order valence-corrected chi connectivity index (χ4v) is 1.05. The molecule has 0 amide bonds. The molecule has 1 heterocycles. The molecule has 0 aliphatic heterocycles. The van der Waals surface area contributed by atoms with Crippen molar-refractivity contribution < 1.29 is 4.79 Å². The Morgan fingerprint density at radius 2 is 2.50 bits per heavy atom. The number of carbonyl (C=O) groups is 1. The molecule has 0 bridgehead atoms. The number of rotatable bonds is 3. The van der Waals surface area contributed by atoms with Crippen molar-refractivity contribution >= 4 is 11.9 Å². The van der Waals surface area contributed by atoms with Gasteiger partial charge in [0.15, 0.2) is 5.78 Å². The van der Waals surface area contributed by atoms with Crippen LogP contribution < -0.4 is 0 Å². The lowest BCUT2D eigenvalue weighted by molar-refractivity contribution is -0.114. The summed E-state index contributed by atoms with van der Waals surface area (Å²) in [5.74, 6) is -0.142. The molecule has 0 aliphatic carbocycles. The van der Waals surface area contributed by atoms with Gasteiger partial charge in [-0.05, 0) is 6.08 Å². The number of aromatic nitrogens is 2. The van der Waals surface area contributed by atoms with E-state index >= 15 is 0 Å². The Morgan fingerprint density at radius 3 is 2.93 bits per heavy atom. The Morgan fingerprint density at radius 1 is 1.79 bits per heavy atom. The Hall–Kier alpha value is -1.89. The average Bonchev–Trinajstić information content (AvgIpc) is 2.59. The molecular formula is C10H11N3O. The minimum absolute atomic E-state index is 0.142. The molecule has 0 unspecified atom stereocenters. The van der Waals surface area contributed by atoms with Crippen molar-refractivity contribution in [1.29, 1.82) is 5.26 Å². The summed E-state index contributed by atoms with van der Waals surface area (Å²) in [6, 6.07) is 1.89. The van der Waals surface area contributed by atoms with Gasteiger partial charge in [-0.2, -0.15) is 10.4 Å². The first-order valence-corrected chi connectivity index (χ1v) is 4.31. The first kappa shape index (κ1) is 10.2. The summed E-state index contributed by atoms with van der Waals surface area (Å²) >= 11 is 0. The molecule has 0 radical (unpaired) electrons. The van der Waals surface area contributed by atoms with Gasteiger partial charge in [0.05, 0.1) is 11.8 Å². The predicted octanol–water partition coefficient (Wildman–Crippen LogP) is 1.31. The van der Waals surface area contributed by atoms with Crippen molar-refractivity contribution in [2.24, 2.45) is 7.05 Å². The molecule has 72 valence electrons. The molecular weight excluding hydrogens is 178 g/mol. The van der Waals surface area contributed by atoms with Crippen LogP contribution in [-0.4, -0.2) is 15.6 Å². The van der Waals surface area contributed by atoms with Crippen LogP contribution in [0.5, 0.6) is 0 Å². The second kappa shape index (κ2) is 4.38. The summed E-state index contributed by atoms with van der Waals surface area (Å²) in [5, 5.41) is 12.7. The monoisotopic (exact) mass is 189 g/mol. The standard InChI is InChI=1S/C10H11N3O/c1-3-10(14)9(5-11)4-8-6-12-13(2)7-8/h4,6-7H,3H2,1-2H3/b9-4+. The van der Waals surface area contributed by atoms with Gasteiger partial charge in [0.1, 0.15) is 6.07 Å². The number of nitriles is 1. The second-order valence-electron chi connectivity index (χ2n) is 2.89.